The Balaban J connectivity index is 2.96. The molecule has 0 aromatic rings. The van der Waals surface area contributed by atoms with Crippen LogP contribution in [0, 0.1) is 5.92 Å². The lowest BCUT2D eigenvalue weighted by Crippen LogP contribution is -1.90. The maximum Gasteiger partial charge on any atom is -0.00621 e. The molecule has 0 spiro atoms. The molecule has 0 saturated heterocycles. The lowest BCUT2D eigenvalue weighted by Gasteiger charge is -2.02. The van der Waals surface area contributed by atoms with E-state index in [0.29, 0.717) is 5.92 Å². The van der Waals surface area contributed by atoms with Gasteiger partial charge in [0.25, 0.3) is 0 Å². The second-order valence-electron chi connectivity index (χ2n) is 2.20. The molecule has 0 bridgehead atoms. The first kappa shape index (κ1) is 9.09. The average molecular weight is 144 g/mol. The molecule has 0 nitrogen and oxygen atoms in total. The third-order valence-electron chi connectivity index (χ3n) is 1.32. The lowest BCUT2D eigenvalue weighted by atomic mass is 10.1. The van der Waals surface area contributed by atoms with E-state index in [4.69, 9.17) is 0 Å². The Morgan fingerprint density at radius 3 is 2.78 bits per heavy atom. The number of hydrogen-bond acceptors (Lipinski definition) is 1. The number of hydrogen-bond donors (Lipinski definition) is 0. The van der Waals surface area contributed by atoms with Gasteiger partial charge in [0, 0.05) is 0 Å². The Morgan fingerprint density at radius 1 is 1.67 bits per heavy atom. The van der Waals surface area contributed by atoms with Crippen molar-refractivity contribution in [1.82, 2.24) is 0 Å². The van der Waals surface area contributed by atoms with Crippen LogP contribution in [-0.2, 0) is 0 Å². The molecule has 0 heterocycles. The van der Waals surface area contributed by atoms with Crippen molar-refractivity contribution >= 4 is 11.8 Å². The highest BCUT2D eigenvalue weighted by Crippen LogP contribution is 2.08. The Morgan fingerprint density at radius 2 is 2.33 bits per heavy atom. The van der Waals surface area contributed by atoms with Gasteiger partial charge >= 0.3 is 0 Å². The maximum atomic E-state index is 3.73. The molecule has 1 atom stereocenters. The van der Waals surface area contributed by atoms with Crippen molar-refractivity contribution in [3.8, 4) is 0 Å². The average Bonchev–Trinajstić information content (AvgIpc) is 1.89. The normalized spacial score (nSPS) is 13.1. The number of rotatable bonds is 5. The van der Waals surface area contributed by atoms with E-state index in [2.05, 4.69) is 20.4 Å². The minimum atomic E-state index is 0.698. The van der Waals surface area contributed by atoms with Crippen LogP contribution in [0.5, 0.6) is 0 Å². The van der Waals surface area contributed by atoms with Crippen LogP contribution in [0.15, 0.2) is 12.7 Å². The van der Waals surface area contributed by atoms with Crippen LogP contribution in [0.2, 0.25) is 0 Å². The molecule has 0 fully saturated rings. The molecule has 0 amide bonds. The van der Waals surface area contributed by atoms with E-state index in [-0.39, 0.29) is 0 Å². The second kappa shape index (κ2) is 6.21. The Kier molecular flexibility index (Phi) is 6.28. The van der Waals surface area contributed by atoms with Gasteiger partial charge in [-0.3, -0.25) is 0 Å². The molecule has 0 aliphatic carbocycles. The molecule has 0 aromatic heterocycles. The molecule has 0 N–H and O–H groups in total. The van der Waals surface area contributed by atoms with Crippen LogP contribution in [0.3, 0.4) is 0 Å². The summed E-state index contributed by atoms with van der Waals surface area (Å²) < 4.78 is 0. The van der Waals surface area contributed by atoms with Crippen molar-refractivity contribution in [3.63, 3.8) is 0 Å². The summed E-state index contributed by atoms with van der Waals surface area (Å²) in [5.41, 5.74) is 0. The zero-order valence-electron chi connectivity index (χ0n) is 6.39. The quantitative estimate of drug-likeness (QED) is 0.422. The minimum absolute atomic E-state index is 0.698. The van der Waals surface area contributed by atoms with Crippen molar-refractivity contribution in [2.24, 2.45) is 5.92 Å². The van der Waals surface area contributed by atoms with E-state index in [0.717, 1.165) is 0 Å². The van der Waals surface area contributed by atoms with Crippen LogP contribution < -0.4 is 0 Å². The minimum Gasteiger partial charge on any atom is -0.162 e. The van der Waals surface area contributed by atoms with Gasteiger partial charge in [-0.1, -0.05) is 19.9 Å². The zero-order chi connectivity index (χ0) is 7.11. The molecule has 0 saturated carbocycles. The van der Waals surface area contributed by atoms with Crippen LogP contribution in [0.25, 0.3) is 0 Å². The summed E-state index contributed by atoms with van der Waals surface area (Å²) in [4.78, 5) is 0. The fourth-order valence-electron chi connectivity index (χ4n) is 0.531. The third kappa shape index (κ3) is 5.97. The monoisotopic (exact) mass is 144 g/mol. The largest absolute Gasteiger partial charge is 0.162 e. The summed E-state index contributed by atoms with van der Waals surface area (Å²) in [5.74, 6) is 3.22. The fraction of sp³-hybridized carbons (Fsp3) is 0.750. The molecule has 0 aliphatic rings. The van der Waals surface area contributed by atoms with E-state index >= 15 is 0 Å². The second-order valence-corrected chi connectivity index (χ2v) is 3.59. The summed E-state index contributed by atoms with van der Waals surface area (Å²) in [6, 6.07) is 0. The molecule has 1 unspecified atom stereocenters. The Bertz CT molecular complexity index is 69.0. The van der Waals surface area contributed by atoms with Gasteiger partial charge in [0.1, 0.15) is 0 Å². The number of thioether (sulfide) groups is 1. The van der Waals surface area contributed by atoms with E-state index in [1.807, 2.05) is 17.8 Å². The summed E-state index contributed by atoms with van der Waals surface area (Å²) in [6.07, 6.45) is 3.30. The van der Waals surface area contributed by atoms with Crippen LogP contribution in [0.1, 0.15) is 20.3 Å². The van der Waals surface area contributed by atoms with Crippen LogP contribution in [0.4, 0.5) is 0 Å². The summed E-state index contributed by atoms with van der Waals surface area (Å²) in [6.45, 7) is 8.14. The van der Waals surface area contributed by atoms with Gasteiger partial charge in [-0.2, -0.15) is 11.8 Å². The van der Waals surface area contributed by atoms with E-state index in [9.17, 15) is 0 Å². The third-order valence-corrected chi connectivity index (χ3v) is 2.26. The van der Waals surface area contributed by atoms with Crippen molar-refractivity contribution in [1.29, 1.82) is 0 Å². The fourth-order valence-corrected chi connectivity index (χ4v) is 1.36. The molecule has 0 radical (unpaired) electrons. The highest BCUT2D eigenvalue weighted by atomic mass is 32.2. The summed E-state index contributed by atoms with van der Waals surface area (Å²) in [7, 11) is 0. The molecule has 0 rings (SSSR count). The smallest absolute Gasteiger partial charge is 0.00621 e. The molecule has 1 heteroatoms. The van der Waals surface area contributed by atoms with Gasteiger partial charge in [-0.25, -0.2) is 0 Å². The van der Waals surface area contributed by atoms with Crippen molar-refractivity contribution in [2.75, 3.05) is 11.5 Å². The first-order valence-electron chi connectivity index (χ1n) is 3.51. The summed E-state index contributed by atoms with van der Waals surface area (Å²) in [5, 5.41) is 0. The molecule has 0 aromatic carbocycles. The highest BCUT2D eigenvalue weighted by Gasteiger charge is 1.93. The SMILES string of the molecule is C=CC(C)CCSCC. The Hall–Kier alpha value is 0.0900. The van der Waals surface area contributed by atoms with Gasteiger partial charge in [0.2, 0.25) is 0 Å². The first-order chi connectivity index (χ1) is 4.31. The van der Waals surface area contributed by atoms with E-state index in [1.165, 1.54) is 17.9 Å². The highest BCUT2D eigenvalue weighted by molar-refractivity contribution is 7.99. The van der Waals surface area contributed by atoms with Gasteiger partial charge in [0.05, 0.1) is 0 Å². The standard InChI is InChI=1S/C8H16S/c1-4-8(3)6-7-9-5-2/h4,8H,1,5-7H2,2-3H3. The van der Waals surface area contributed by atoms with Gasteiger partial charge in [-0.15, -0.1) is 6.58 Å². The zero-order valence-corrected chi connectivity index (χ0v) is 7.21. The van der Waals surface area contributed by atoms with Crippen molar-refractivity contribution < 1.29 is 0 Å². The molecule has 0 aliphatic heterocycles. The topological polar surface area (TPSA) is 0 Å². The number of allylic oxidation sites excluding steroid dienone is 1. The lowest BCUT2D eigenvalue weighted by molar-refractivity contribution is 0.707. The van der Waals surface area contributed by atoms with E-state index < -0.39 is 0 Å². The molecular weight excluding hydrogens is 128 g/mol. The summed E-state index contributed by atoms with van der Waals surface area (Å²) >= 11 is 2.00. The van der Waals surface area contributed by atoms with Crippen LogP contribution in [-0.4, -0.2) is 11.5 Å². The Labute approximate surface area is 62.7 Å². The molecular formula is C8H16S. The molecule has 54 valence electrons. The predicted molar refractivity (Wildman–Crippen MR) is 47.0 cm³/mol. The van der Waals surface area contributed by atoms with Gasteiger partial charge in [0.15, 0.2) is 0 Å². The van der Waals surface area contributed by atoms with Crippen molar-refractivity contribution in [3.05, 3.63) is 12.7 Å². The van der Waals surface area contributed by atoms with Gasteiger partial charge in [-0.05, 0) is 23.8 Å². The molecule has 9 heavy (non-hydrogen) atoms. The predicted octanol–water partition coefficient (Wildman–Crippen LogP) is 2.95. The first-order valence-corrected chi connectivity index (χ1v) is 4.67. The van der Waals surface area contributed by atoms with E-state index in [1.54, 1.807) is 0 Å². The van der Waals surface area contributed by atoms with Gasteiger partial charge < -0.3 is 0 Å². The maximum absolute atomic E-state index is 3.73. The van der Waals surface area contributed by atoms with Crippen LogP contribution >= 0.6 is 11.8 Å². The van der Waals surface area contributed by atoms with Crippen molar-refractivity contribution in [2.45, 2.75) is 20.3 Å².